The van der Waals surface area contributed by atoms with E-state index in [0.29, 0.717) is 30.2 Å². The van der Waals surface area contributed by atoms with Gasteiger partial charge in [-0.2, -0.15) is 0 Å². The van der Waals surface area contributed by atoms with Crippen LogP contribution in [-0.4, -0.2) is 45.5 Å². The number of carbonyl (C=O) groups is 2. The van der Waals surface area contributed by atoms with Crippen LogP contribution >= 0.6 is 0 Å². The average molecular weight is 538 g/mol. The second-order valence-corrected chi connectivity index (χ2v) is 10.7. The highest BCUT2D eigenvalue weighted by atomic mass is 32.2. The van der Waals surface area contributed by atoms with E-state index >= 15 is 0 Å². The van der Waals surface area contributed by atoms with Gasteiger partial charge >= 0.3 is 0 Å². The zero-order chi connectivity index (χ0) is 27.1. The first-order valence-electron chi connectivity index (χ1n) is 12.4. The highest BCUT2D eigenvalue weighted by Gasteiger charge is 2.33. The second kappa shape index (κ2) is 12.1. The minimum absolute atomic E-state index is 0.0261. The van der Waals surface area contributed by atoms with Crippen molar-refractivity contribution in [1.82, 2.24) is 10.0 Å². The smallest absolute Gasteiger partial charge is 0.265 e. The van der Waals surface area contributed by atoms with Crippen LogP contribution in [0.15, 0.2) is 83.8 Å². The molecule has 0 aromatic heterocycles. The van der Waals surface area contributed by atoms with Crippen LogP contribution < -0.4 is 24.4 Å². The Balaban J connectivity index is 1.40. The summed E-state index contributed by atoms with van der Waals surface area (Å²) in [6.07, 6.45) is -0.219. The van der Waals surface area contributed by atoms with Gasteiger partial charge in [-0.25, -0.2) is 13.1 Å². The lowest BCUT2D eigenvalue weighted by atomic mass is 10.1. The van der Waals surface area contributed by atoms with Crippen LogP contribution in [0.1, 0.15) is 25.8 Å². The molecule has 3 aromatic rings. The van der Waals surface area contributed by atoms with Crippen molar-refractivity contribution in [2.45, 2.75) is 43.9 Å². The summed E-state index contributed by atoms with van der Waals surface area (Å²) >= 11 is 0. The van der Waals surface area contributed by atoms with Gasteiger partial charge in [0.2, 0.25) is 10.0 Å². The molecule has 0 aliphatic carbocycles. The normalized spacial score (nSPS) is 15.6. The van der Waals surface area contributed by atoms with Crippen LogP contribution in [0.25, 0.3) is 0 Å². The molecule has 2 N–H and O–H groups in total. The second-order valence-electron chi connectivity index (χ2n) is 8.97. The molecule has 0 saturated carbocycles. The zero-order valence-electron chi connectivity index (χ0n) is 21.3. The minimum Gasteiger partial charge on any atom is -0.484 e. The molecule has 0 unspecified atom stereocenters. The summed E-state index contributed by atoms with van der Waals surface area (Å²) in [6, 6.07) is 22.2. The Morgan fingerprint density at radius 1 is 1.03 bits per heavy atom. The highest BCUT2D eigenvalue weighted by molar-refractivity contribution is 7.89. The van der Waals surface area contributed by atoms with Crippen molar-refractivity contribution in [3.05, 3.63) is 84.4 Å². The molecule has 0 bridgehead atoms. The summed E-state index contributed by atoms with van der Waals surface area (Å²) in [7, 11) is -3.64. The SMILES string of the molecule is CC[C@@H](C)NS(=O)(=O)c1ccc(OCC(=O)N2C[C@@H](C(=O)NCc3ccccc3)Oc3ccccc32)cc1. The first kappa shape index (κ1) is 27.2. The van der Waals surface area contributed by atoms with Crippen molar-refractivity contribution in [2.75, 3.05) is 18.1 Å². The number of carbonyl (C=O) groups excluding carboxylic acids is 2. The molecule has 9 nitrogen and oxygen atoms in total. The van der Waals surface area contributed by atoms with Gasteiger partial charge in [-0.05, 0) is 55.3 Å². The predicted octanol–water partition coefficient (Wildman–Crippen LogP) is 3.25. The monoisotopic (exact) mass is 537 g/mol. The number of nitrogens with zero attached hydrogens (tertiary/aromatic N) is 1. The number of fused-ring (bicyclic) bond motifs is 1. The molecule has 0 radical (unpaired) electrons. The van der Waals surface area contributed by atoms with E-state index in [-0.39, 0.29) is 35.9 Å². The van der Waals surface area contributed by atoms with Gasteiger partial charge in [-0.15, -0.1) is 0 Å². The lowest BCUT2D eigenvalue weighted by Gasteiger charge is -2.34. The number of rotatable bonds is 10. The molecule has 1 heterocycles. The number of amides is 2. The van der Waals surface area contributed by atoms with Gasteiger partial charge in [0.05, 0.1) is 17.1 Å². The Hall–Kier alpha value is -3.89. The van der Waals surface area contributed by atoms with Crippen molar-refractivity contribution in [3.63, 3.8) is 0 Å². The van der Waals surface area contributed by atoms with Crippen LogP contribution in [0.5, 0.6) is 11.5 Å². The third kappa shape index (κ3) is 6.70. The first-order chi connectivity index (χ1) is 18.3. The maximum absolute atomic E-state index is 13.2. The molecule has 2 atom stereocenters. The summed E-state index contributed by atoms with van der Waals surface area (Å²) in [4.78, 5) is 27.6. The Morgan fingerprint density at radius 2 is 1.71 bits per heavy atom. The Bertz CT molecular complexity index is 1360. The molecule has 0 spiro atoms. The largest absolute Gasteiger partial charge is 0.484 e. The summed E-state index contributed by atoms with van der Waals surface area (Å²) in [5, 5.41) is 2.86. The van der Waals surface area contributed by atoms with Crippen LogP contribution in [0, 0.1) is 0 Å². The third-order valence-electron chi connectivity index (χ3n) is 6.14. The van der Waals surface area contributed by atoms with Crippen LogP contribution in [0.2, 0.25) is 0 Å². The number of hydrogen-bond donors (Lipinski definition) is 2. The fourth-order valence-electron chi connectivity index (χ4n) is 3.86. The van der Waals surface area contributed by atoms with Crippen molar-refractivity contribution in [3.8, 4) is 11.5 Å². The van der Waals surface area contributed by atoms with E-state index in [9.17, 15) is 18.0 Å². The number of sulfonamides is 1. The van der Waals surface area contributed by atoms with Crippen LogP contribution in [0.4, 0.5) is 5.69 Å². The van der Waals surface area contributed by atoms with Gasteiger partial charge in [0.1, 0.15) is 11.5 Å². The first-order valence-corrected chi connectivity index (χ1v) is 13.9. The average Bonchev–Trinajstić information content (AvgIpc) is 2.94. The maximum atomic E-state index is 13.2. The zero-order valence-corrected chi connectivity index (χ0v) is 22.1. The van der Waals surface area contributed by atoms with E-state index in [0.717, 1.165) is 5.56 Å². The van der Waals surface area contributed by atoms with Crippen molar-refractivity contribution in [1.29, 1.82) is 0 Å². The molecule has 2 amide bonds. The van der Waals surface area contributed by atoms with E-state index in [1.54, 1.807) is 31.2 Å². The highest BCUT2D eigenvalue weighted by Crippen LogP contribution is 2.33. The summed E-state index contributed by atoms with van der Waals surface area (Å²) < 4.78 is 39.1. The van der Waals surface area contributed by atoms with Gasteiger partial charge in [-0.3, -0.25) is 9.59 Å². The summed E-state index contributed by atoms with van der Waals surface area (Å²) in [6.45, 7) is 3.76. The van der Waals surface area contributed by atoms with Gasteiger partial charge in [0, 0.05) is 12.6 Å². The standard InChI is InChI=1S/C28H31N3O6S/c1-3-20(2)30-38(34,35)23-15-13-22(14-16-23)36-19-27(32)31-18-26(37-25-12-8-7-11-24(25)31)28(33)29-17-21-9-5-4-6-10-21/h4-16,20,26,30H,3,17-19H2,1-2H3,(H,29,33)/t20-,26+/m1/s1. The molecular weight excluding hydrogens is 506 g/mol. The van der Waals surface area contributed by atoms with Gasteiger partial charge in [-0.1, -0.05) is 49.4 Å². The molecule has 0 saturated heterocycles. The molecule has 4 rings (SSSR count). The number of anilines is 1. The van der Waals surface area contributed by atoms with E-state index in [2.05, 4.69) is 10.0 Å². The Labute approximate surface area is 222 Å². The number of benzene rings is 3. The number of nitrogens with one attached hydrogen (secondary N) is 2. The molecule has 3 aromatic carbocycles. The third-order valence-corrected chi connectivity index (χ3v) is 7.75. The van der Waals surface area contributed by atoms with E-state index in [4.69, 9.17) is 9.47 Å². The number of hydrogen-bond acceptors (Lipinski definition) is 6. The van der Waals surface area contributed by atoms with Gasteiger partial charge in [0.25, 0.3) is 11.8 Å². The lowest BCUT2D eigenvalue weighted by molar-refractivity contribution is -0.128. The molecule has 38 heavy (non-hydrogen) atoms. The molecule has 1 aliphatic heterocycles. The summed E-state index contributed by atoms with van der Waals surface area (Å²) in [5.41, 5.74) is 1.50. The van der Waals surface area contributed by atoms with Gasteiger partial charge in [0.15, 0.2) is 12.7 Å². The lowest BCUT2D eigenvalue weighted by Crippen LogP contribution is -2.51. The fraction of sp³-hybridized carbons (Fsp3) is 0.286. The molecule has 0 fully saturated rings. The number of ether oxygens (including phenoxy) is 2. The van der Waals surface area contributed by atoms with Crippen LogP contribution in [0.3, 0.4) is 0 Å². The van der Waals surface area contributed by atoms with Crippen LogP contribution in [-0.2, 0) is 26.2 Å². The molecule has 200 valence electrons. The predicted molar refractivity (Wildman–Crippen MR) is 144 cm³/mol. The summed E-state index contributed by atoms with van der Waals surface area (Å²) in [5.74, 6) is 0.0801. The minimum atomic E-state index is -3.64. The van der Waals surface area contributed by atoms with Crippen molar-refractivity contribution in [2.24, 2.45) is 0 Å². The van der Waals surface area contributed by atoms with Gasteiger partial charge < -0.3 is 19.7 Å². The molecule has 1 aliphatic rings. The van der Waals surface area contributed by atoms with Crippen molar-refractivity contribution < 1.29 is 27.5 Å². The molecule has 10 heteroatoms. The topological polar surface area (TPSA) is 114 Å². The molecular formula is C28H31N3O6S. The quantitative estimate of drug-likeness (QED) is 0.411. The Morgan fingerprint density at radius 3 is 2.42 bits per heavy atom. The number of para-hydroxylation sites is 2. The van der Waals surface area contributed by atoms with Crippen molar-refractivity contribution >= 4 is 27.5 Å². The van der Waals surface area contributed by atoms with E-state index in [1.165, 1.54) is 29.2 Å². The van der Waals surface area contributed by atoms with E-state index in [1.807, 2.05) is 37.3 Å². The van der Waals surface area contributed by atoms with E-state index < -0.39 is 16.1 Å². The fourth-order valence-corrected chi connectivity index (χ4v) is 5.19. The Kier molecular flexibility index (Phi) is 8.65. The maximum Gasteiger partial charge on any atom is 0.265 e.